The standard InChI is InChI=1S/C17H20N8/c1-2-13(10-25(7-1)11-14-8-19-12-23-14)16-17(22-6-5-21-16)24-15-9-18-3-4-20-15/h3-6,8-9,12-13H,1-2,7,10-11H2,(H,19,23)(H,20,22,24)/t13-/m0/s1. The van der Waals surface area contributed by atoms with Crippen molar-refractivity contribution in [3.8, 4) is 0 Å². The third-order valence-electron chi connectivity index (χ3n) is 4.38. The topological polar surface area (TPSA) is 95.5 Å². The molecule has 1 fully saturated rings. The fourth-order valence-electron chi connectivity index (χ4n) is 3.26. The van der Waals surface area contributed by atoms with E-state index in [1.165, 1.54) is 0 Å². The second kappa shape index (κ2) is 7.35. The Morgan fingerprint density at radius 1 is 1.08 bits per heavy atom. The van der Waals surface area contributed by atoms with Crippen LogP contribution in [0.15, 0.2) is 43.5 Å². The normalized spacial score (nSPS) is 18.2. The van der Waals surface area contributed by atoms with Crippen LogP contribution in [0.2, 0.25) is 0 Å². The van der Waals surface area contributed by atoms with Crippen molar-refractivity contribution in [2.45, 2.75) is 25.3 Å². The van der Waals surface area contributed by atoms with Crippen LogP contribution in [0.5, 0.6) is 0 Å². The maximum absolute atomic E-state index is 4.61. The van der Waals surface area contributed by atoms with Gasteiger partial charge < -0.3 is 10.3 Å². The van der Waals surface area contributed by atoms with Crippen LogP contribution in [-0.2, 0) is 6.54 Å². The Morgan fingerprint density at radius 2 is 2.00 bits per heavy atom. The average Bonchev–Trinajstić information content (AvgIpc) is 3.16. The van der Waals surface area contributed by atoms with Gasteiger partial charge in [-0.3, -0.25) is 14.9 Å². The zero-order chi connectivity index (χ0) is 16.9. The van der Waals surface area contributed by atoms with Crippen molar-refractivity contribution in [2.75, 3.05) is 18.4 Å². The van der Waals surface area contributed by atoms with Crippen molar-refractivity contribution in [1.82, 2.24) is 34.8 Å². The number of aromatic amines is 1. The molecule has 3 aromatic rings. The monoisotopic (exact) mass is 336 g/mol. The van der Waals surface area contributed by atoms with Crippen molar-refractivity contribution < 1.29 is 0 Å². The van der Waals surface area contributed by atoms with E-state index in [0.717, 1.165) is 49.7 Å². The lowest BCUT2D eigenvalue weighted by Crippen LogP contribution is -2.34. The van der Waals surface area contributed by atoms with Gasteiger partial charge in [-0.25, -0.2) is 15.0 Å². The van der Waals surface area contributed by atoms with Gasteiger partial charge in [-0.05, 0) is 19.4 Å². The Kier molecular flexibility index (Phi) is 4.60. The van der Waals surface area contributed by atoms with Gasteiger partial charge >= 0.3 is 0 Å². The molecule has 8 heteroatoms. The number of piperidine rings is 1. The van der Waals surface area contributed by atoms with E-state index >= 15 is 0 Å². The Labute approximate surface area is 145 Å². The summed E-state index contributed by atoms with van der Waals surface area (Å²) in [5.41, 5.74) is 2.13. The number of nitrogens with zero attached hydrogens (tertiary/aromatic N) is 6. The fraction of sp³-hybridized carbons (Fsp3) is 0.353. The summed E-state index contributed by atoms with van der Waals surface area (Å²) in [4.78, 5) is 27.1. The number of imidazole rings is 1. The quantitative estimate of drug-likeness (QED) is 0.736. The highest BCUT2D eigenvalue weighted by molar-refractivity contribution is 5.53. The maximum atomic E-state index is 4.61. The Hall–Kier alpha value is -2.87. The molecule has 0 aliphatic carbocycles. The van der Waals surface area contributed by atoms with Crippen LogP contribution in [0.3, 0.4) is 0 Å². The third kappa shape index (κ3) is 3.80. The summed E-state index contributed by atoms with van der Waals surface area (Å²) < 4.78 is 0. The molecule has 0 saturated carbocycles. The Balaban J connectivity index is 1.51. The van der Waals surface area contributed by atoms with E-state index < -0.39 is 0 Å². The number of rotatable bonds is 5. The zero-order valence-corrected chi connectivity index (χ0v) is 13.8. The first-order chi connectivity index (χ1) is 12.4. The minimum absolute atomic E-state index is 0.338. The summed E-state index contributed by atoms with van der Waals surface area (Å²) in [7, 11) is 0. The van der Waals surface area contributed by atoms with Crippen LogP contribution in [-0.4, -0.2) is 47.9 Å². The van der Waals surface area contributed by atoms with E-state index in [0.29, 0.717) is 11.7 Å². The van der Waals surface area contributed by atoms with Crippen LogP contribution >= 0.6 is 0 Å². The van der Waals surface area contributed by atoms with Crippen LogP contribution in [0.4, 0.5) is 11.6 Å². The molecule has 2 N–H and O–H groups in total. The van der Waals surface area contributed by atoms with Crippen molar-refractivity contribution >= 4 is 11.6 Å². The van der Waals surface area contributed by atoms with E-state index in [1.807, 2.05) is 6.20 Å². The van der Waals surface area contributed by atoms with E-state index in [-0.39, 0.29) is 0 Å². The largest absolute Gasteiger partial charge is 0.347 e. The van der Waals surface area contributed by atoms with Gasteiger partial charge in [0, 0.05) is 55.7 Å². The molecule has 1 aliphatic rings. The smallest absolute Gasteiger partial charge is 0.153 e. The van der Waals surface area contributed by atoms with Crippen LogP contribution in [0, 0.1) is 0 Å². The van der Waals surface area contributed by atoms with Gasteiger partial charge in [0.1, 0.15) is 5.82 Å². The lowest BCUT2D eigenvalue weighted by molar-refractivity contribution is 0.197. The molecule has 1 atom stereocenters. The Bertz CT molecular complexity index is 789. The lowest BCUT2D eigenvalue weighted by atomic mass is 9.94. The lowest BCUT2D eigenvalue weighted by Gasteiger charge is -2.32. The predicted molar refractivity (Wildman–Crippen MR) is 93.2 cm³/mol. The second-order valence-corrected chi connectivity index (χ2v) is 6.16. The molecule has 0 radical (unpaired) electrons. The molecule has 25 heavy (non-hydrogen) atoms. The highest BCUT2D eigenvalue weighted by Gasteiger charge is 2.25. The summed E-state index contributed by atoms with van der Waals surface area (Å²) >= 11 is 0. The van der Waals surface area contributed by atoms with E-state index in [4.69, 9.17) is 0 Å². The number of aromatic nitrogens is 6. The molecule has 0 aromatic carbocycles. The summed E-state index contributed by atoms with van der Waals surface area (Å²) in [6, 6.07) is 0. The van der Waals surface area contributed by atoms with Gasteiger partial charge in [0.2, 0.25) is 0 Å². The molecule has 0 amide bonds. The molecule has 128 valence electrons. The van der Waals surface area contributed by atoms with Crippen molar-refractivity contribution in [3.05, 3.63) is 54.9 Å². The van der Waals surface area contributed by atoms with Gasteiger partial charge in [0.25, 0.3) is 0 Å². The van der Waals surface area contributed by atoms with Crippen LogP contribution in [0.25, 0.3) is 0 Å². The molecule has 0 bridgehead atoms. The molecule has 0 unspecified atom stereocenters. The van der Waals surface area contributed by atoms with Gasteiger partial charge in [0.05, 0.1) is 18.2 Å². The summed E-state index contributed by atoms with van der Waals surface area (Å²) in [6.07, 6.45) is 14.3. The maximum Gasteiger partial charge on any atom is 0.153 e. The molecule has 0 spiro atoms. The highest BCUT2D eigenvalue weighted by atomic mass is 15.2. The first-order valence-electron chi connectivity index (χ1n) is 8.42. The van der Waals surface area contributed by atoms with Crippen LogP contribution in [0.1, 0.15) is 30.1 Å². The summed E-state index contributed by atoms with van der Waals surface area (Å²) in [6.45, 7) is 2.92. The van der Waals surface area contributed by atoms with Crippen molar-refractivity contribution in [3.63, 3.8) is 0 Å². The molecular formula is C17H20N8. The highest BCUT2D eigenvalue weighted by Crippen LogP contribution is 2.30. The van der Waals surface area contributed by atoms with Gasteiger partial charge in [-0.1, -0.05) is 0 Å². The minimum atomic E-state index is 0.338. The SMILES string of the molecule is c1cnc(Nc2nccnc2[C@H]2CCCN(Cc3cnc[nH]3)C2)cn1. The molecule has 3 aromatic heterocycles. The summed E-state index contributed by atoms with van der Waals surface area (Å²) in [5, 5.41) is 3.25. The fourth-order valence-corrected chi connectivity index (χ4v) is 3.26. The molecule has 4 rings (SSSR count). The molecular weight excluding hydrogens is 316 g/mol. The molecule has 8 nitrogen and oxygen atoms in total. The Morgan fingerprint density at radius 3 is 2.84 bits per heavy atom. The first kappa shape index (κ1) is 15.6. The number of anilines is 2. The van der Waals surface area contributed by atoms with Gasteiger partial charge in [-0.2, -0.15) is 0 Å². The number of likely N-dealkylation sites (tertiary alicyclic amines) is 1. The predicted octanol–water partition coefficient (Wildman–Crippen LogP) is 2.11. The second-order valence-electron chi connectivity index (χ2n) is 6.16. The number of hydrogen-bond acceptors (Lipinski definition) is 7. The number of H-pyrrole nitrogens is 1. The van der Waals surface area contributed by atoms with Gasteiger partial charge in [-0.15, -0.1) is 0 Å². The average molecular weight is 336 g/mol. The van der Waals surface area contributed by atoms with E-state index in [1.54, 1.807) is 37.3 Å². The van der Waals surface area contributed by atoms with Crippen molar-refractivity contribution in [1.29, 1.82) is 0 Å². The minimum Gasteiger partial charge on any atom is -0.347 e. The first-order valence-corrected chi connectivity index (χ1v) is 8.42. The zero-order valence-electron chi connectivity index (χ0n) is 13.8. The third-order valence-corrected chi connectivity index (χ3v) is 4.38. The number of hydrogen-bond donors (Lipinski definition) is 2. The van der Waals surface area contributed by atoms with Crippen molar-refractivity contribution in [2.24, 2.45) is 0 Å². The molecule has 1 saturated heterocycles. The van der Waals surface area contributed by atoms with Gasteiger partial charge in [0.15, 0.2) is 5.82 Å². The summed E-state index contributed by atoms with van der Waals surface area (Å²) in [5.74, 6) is 1.77. The number of nitrogens with one attached hydrogen (secondary N) is 2. The van der Waals surface area contributed by atoms with E-state index in [9.17, 15) is 0 Å². The van der Waals surface area contributed by atoms with E-state index in [2.05, 4.69) is 40.1 Å². The molecule has 1 aliphatic heterocycles. The molecule has 4 heterocycles. The van der Waals surface area contributed by atoms with Crippen LogP contribution < -0.4 is 5.32 Å².